The Kier molecular flexibility index (Phi) is 3.06. The zero-order valence-corrected chi connectivity index (χ0v) is 8.44. The molecule has 2 rings (SSSR count). The van der Waals surface area contributed by atoms with E-state index in [2.05, 4.69) is 14.9 Å². The number of rotatable bonds is 2. The predicted molar refractivity (Wildman–Crippen MR) is 52.9 cm³/mol. The number of aryl methyl sites for hydroxylation is 1. The molecule has 1 aromatic heterocycles. The van der Waals surface area contributed by atoms with E-state index in [1.54, 1.807) is 0 Å². The topological polar surface area (TPSA) is 38.2 Å². The molecule has 0 atom stereocenters. The first kappa shape index (κ1) is 9.55. The molecule has 76 valence electrons. The van der Waals surface area contributed by atoms with Crippen LogP contribution in [0, 0.1) is 6.92 Å². The van der Waals surface area contributed by atoms with Gasteiger partial charge in [0.25, 0.3) is 0 Å². The third-order valence-electron chi connectivity index (χ3n) is 2.34. The Labute approximate surface area is 83.9 Å². The molecule has 1 aliphatic rings. The minimum Gasteiger partial charge on any atom is -0.379 e. The lowest BCUT2D eigenvalue weighted by Crippen LogP contribution is -2.35. The van der Waals surface area contributed by atoms with E-state index >= 15 is 0 Å². The second kappa shape index (κ2) is 4.48. The zero-order valence-electron chi connectivity index (χ0n) is 8.44. The molecule has 0 N–H and O–H groups in total. The molecule has 1 fully saturated rings. The smallest absolute Gasteiger partial charge is 0.125 e. The minimum atomic E-state index is 0.829. The van der Waals surface area contributed by atoms with Crippen molar-refractivity contribution < 1.29 is 4.74 Å². The number of nitrogens with zero attached hydrogens (tertiary/aromatic N) is 3. The van der Waals surface area contributed by atoms with Gasteiger partial charge in [0.2, 0.25) is 0 Å². The lowest BCUT2D eigenvalue weighted by atomic mass is 10.3. The van der Waals surface area contributed by atoms with Gasteiger partial charge in [0.15, 0.2) is 0 Å². The second-order valence-corrected chi connectivity index (χ2v) is 3.53. The molecule has 0 bridgehead atoms. The first-order valence-electron chi connectivity index (χ1n) is 4.92. The van der Waals surface area contributed by atoms with Crippen molar-refractivity contribution in [3.63, 3.8) is 0 Å². The van der Waals surface area contributed by atoms with Crippen LogP contribution in [-0.4, -0.2) is 41.2 Å². The van der Waals surface area contributed by atoms with Gasteiger partial charge < -0.3 is 4.74 Å². The molecule has 1 saturated heterocycles. The maximum absolute atomic E-state index is 5.28. The summed E-state index contributed by atoms with van der Waals surface area (Å²) in [5.74, 6) is 0.829. The van der Waals surface area contributed by atoms with Crippen LogP contribution in [-0.2, 0) is 11.3 Å². The molecule has 0 amide bonds. The molecule has 0 aromatic carbocycles. The van der Waals surface area contributed by atoms with Crippen molar-refractivity contribution in [1.29, 1.82) is 0 Å². The highest BCUT2D eigenvalue weighted by atomic mass is 16.5. The second-order valence-electron chi connectivity index (χ2n) is 3.53. The van der Waals surface area contributed by atoms with E-state index in [1.165, 1.54) is 5.56 Å². The van der Waals surface area contributed by atoms with E-state index in [0.717, 1.165) is 38.7 Å². The first-order chi connectivity index (χ1) is 6.84. The fourth-order valence-corrected chi connectivity index (χ4v) is 1.52. The molecule has 4 heteroatoms. The van der Waals surface area contributed by atoms with Crippen molar-refractivity contribution in [2.75, 3.05) is 26.3 Å². The molecular weight excluding hydrogens is 178 g/mol. The van der Waals surface area contributed by atoms with E-state index in [0.29, 0.717) is 0 Å². The van der Waals surface area contributed by atoms with Gasteiger partial charge in [-0.15, -0.1) is 0 Å². The average Bonchev–Trinajstić information content (AvgIpc) is 2.23. The normalized spacial score (nSPS) is 18.4. The molecule has 0 unspecified atom stereocenters. The Morgan fingerprint density at radius 3 is 2.57 bits per heavy atom. The van der Waals surface area contributed by atoms with Crippen LogP contribution < -0.4 is 0 Å². The standard InChI is InChI=1S/C10H15N3O/c1-9-11-6-10(7-12-9)8-13-2-4-14-5-3-13/h6-7H,2-5,8H2,1H3. The van der Waals surface area contributed by atoms with Gasteiger partial charge in [-0.25, -0.2) is 9.97 Å². The summed E-state index contributed by atoms with van der Waals surface area (Å²) in [7, 11) is 0. The van der Waals surface area contributed by atoms with Gasteiger partial charge in [-0.1, -0.05) is 0 Å². The molecule has 14 heavy (non-hydrogen) atoms. The molecule has 0 spiro atoms. The maximum atomic E-state index is 5.28. The molecule has 4 nitrogen and oxygen atoms in total. The van der Waals surface area contributed by atoms with Crippen LogP contribution in [0.1, 0.15) is 11.4 Å². The van der Waals surface area contributed by atoms with Crippen molar-refractivity contribution in [2.24, 2.45) is 0 Å². The van der Waals surface area contributed by atoms with E-state index in [1.807, 2.05) is 19.3 Å². The fourth-order valence-electron chi connectivity index (χ4n) is 1.52. The van der Waals surface area contributed by atoms with Crippen molar-refractivity contribution in [3.05, 3.63) is 23.8 Å². The first-order valence-corrected chi connectivity index (χ1v) is 4.92. The third-order valence-corrected chi connectivity index (χ3v) is 2.34. The summed E-state index contributed by atoms with van der Waals surface area (Å²) in [6.07, 6.45) is 3.80. The minimum absolute atomic E-state index is 0.829. The molecular formula is C10H15N3O. The fraction of sp³-hybridized carbons (Fsp3) is 0.600. The molecule has 1 aliphatic heterocycles. The molecule has 1 aromatic rings. The zero-order chi connectivity index (χ0) is 9.80. The van der Waals surface area contributed by atoms with Crippen LogP contribution in [0.15, 0.2) is 12.4 Å². The molecule has 0 aliphatic carbocycles. The van der Waals surface area contributed by atoms with E-state index in [4.69, 9.17) is 4.74 Å². The van der Waals surface area contributed by atoms with Crippen LogP contribution >= 0.6 is 0 Å². The van der Waals surface area contributed by atoms with Gasteiger partial charge in [0.05, 0.1) is 13.2 Å². The van der Waals surface area contributed by atoms with Gasteiger partial charge in [-0.05, 0) is 6.92 Å². The Morgan fingerprint density at radius 1 is 1.29 bits per heavy atom. The van der Waals surface area contributed by atoms with Crippen molar-refractivity contribution in [1.82, 2.24) is 14.9 Å². The number of hydrogen-bond acceptors (Lipinski definition) is 4. The largest absolute Gasteiger partial charge is 0.379 e. The Morgan fingerprint density at radius 2 is 1.93 bits per heavy atom. The lowest BCUT2D eigenvalue weighted by molar-refractivity contribution is 0.0341. The quantitative estimate of drug-likeness (QED) is 0.690. The Balaban J connectivity index is 1.92. The van der Waals surface area contributed by atoms with Crippen LogP contribution in [0.25, 0.3) is 0 Å². The Hall–Kier alpha value is -1.00. The van der Waals surface area contributed by atoms with E-state index < -0.39 is 0 Å². The monoisotopic (exact) mass is 193 g/mol. The molecule has 0 saturated carbocycles. The van der Waals surface area contributed by atoms with Crippen LogP contribution in [0.5, 0.6) is 0 Å². The lowest BCUT2D eigenvalue weighted by Gasteiger charge is -2.26. The SMILES string of the molecule is Cc1ncc(CN2CCOCC2)cn1. The summed E-state index contributed by atoms with van der Waals surface area (Å²) < 4.78 is 5.28. The summed E-state index contributed by atoms with van der Waals surface area (Å²) >= 11 is 0. The number of hydrogen-bond donors (Lipinski definition) is 0. The van der Waals surface area contributed by atoms with Gasteiger partial charge in [0, 0.05) is 37.6 Å². The summed E-state index contributed by atoms with van der Waals surface area (Å²) in [6, 6.07) is 0. The average molecular weight is 193 g/mol. The van der Waals surface area contributed by atoms with Gasteiger partial charge in [-0.2, -0.15) is 0 Å². The van der Waals surface area contributed by atoms with E-state index in [-0.39, 0.29) is 0 Å². The maximum Gasteiger partial charge on any atom is 0.125 e. The van der Waals surface area contributed by atoms with Crippen molar-refractivity contribution >= 4 is 0 Å². The van der Waals surface area contributed by atoms with Gasteiger partial charge in [-0.3, -0.25) is 4.90 Å². The summed E-state index contributed by atoms with van der Waals surface area (Å²) in [5, 5.41) is 0. The van der Waals surface area contributed by atoms with Crippen LogP contribution in [0.3, 0.4) is 0 Å². The van der Waals surface area contributed by atoms with Crippen LogP contribution in [0.4, 0.5) is 0 Å². The Bertz CT molecular complexity index is 280. The summed E-state index contributed by atoms with van der Waals surface area (Å²) in [4.78, 5) is 10.7. The molecule has 2 heterocycles. The van der Waals surface area contributed by atoms with Crippen LogP contribution in [0.2, 0.25) is 0 Å². The van der Waals surface area contributed by atoms with Gasteiger partial charge >= 0.3 is 0 Å². The predicted octanol–water partition coefficient (Wildman–Crippen LogP) is 0.617. The molecule has 0 radical (unpaired) electrons. The highest BCUT2D eigenvalue weighted by Crippen LogP contribution is 2.04. The third kappa shape index (κ3) is 2.49. The van der Waals surface area contributed by atoms with Gasteiger partial charge in [0.1, 0.15) is 5.82 Å². The van der Waals surface area contributed by atoms with Crippen molar-refractivity contribution in [2.45, 2.75) is 13.5 Å². The van der Waals surface area contributed by atoms with E-state index in [9.17, 15) is 0 Å². The summed E-state index contributed by atoms with van der Waals surface area (Å²) in [6.45, 7) is 6.53. The number of ether oxygens (including phenoxy) is 1. The highest BCUT2D eigenvalue weighted by molar-refractivity contribution is 5.04. The summed E-state index contributed by atoms with van der Waals surface area (Å²) in [5.41, 5.74) is 1.18. The number of morpholine rings is 1. The number of aromatic nitrogens is 2. The van der Waals surface area contributed by atoms with Crippen molar-refractivity contribution in [3.8, 4) is 0 Å². The highest BCUT2D eigenvalue weighted by Gasteiger charge is 2.10.